The van der Waals surface area contributed by atoms with E-state index in [1.165, 1.54) is 128 Å². The fraction of sp³-hybridized carbons (Fsp3) is 1.00. The minimum Gasteiger partial charge on any atom is -0.870 e. The fourth-order valence-corrected chi connectivity index (χ4v) is 10.5. The van der Waals surface area contributed by atoms with Crippen LogP contribution < -0.4 is 0 Å². The highest BCUT2D eigenvalue weighted by molar-refractivity contribution is 7.75. The summed E-state index contributed by atoms with van der Waals surface area (Å²) in [6, 6.07) is 0. The van der Waals surface area contributed by atoms with E-state index >= 15 is 0 Å². The second kappa shape index (κ2) is 29.6. The van der Waals surface area contributed by atoms with Crippen molar-refractivity contribution in [1.29, 1.82) is 0 Å². The SMILES string of the molecule is CCCCCCCCCCCCCC[P+](CCCCCC)(CCCCCC)CCCCCC.[OH-]. The van der Waals surface area contributed by atoms with Crippen molar-refractivity contribution >= 4 is 7.26 Å². The average molecular weight is 501 g/mol. The van der Waals surface area contributed by atoms with Gasteiger partial charge in [-0.15, -0.1) is 0 Å². The van der Waals surface area contributed by atoms with Crippen molar-refractivity contribution in [2.45, 2.75) is 182 Å². The molecule has 208 valence electrons. The van der Waals surface area contributed by atoms with E-state index in [0.717, 1.165) is 0 Å². The summed E-state index contributed by atoms with van der Waals surface area (Å²) in [4.78, 5) is 0. The van der Waals surface area contributed by atoms with Gasteiger partial charge < -0.3 is 5.48 Å². The molecule has 2 heteroatoms. The molecule has 0 fully saturated rings. The molecular formula is C32H69OP. The molecule has 34 heavy (non-hydrogen) atoms. The van der Waals surface area contributed by atoms with Gasteiger partial charge in [0, 0.05) is 7.26 Å². The van der Waals surface area contributed by atoms with Gasteiger partial charge in [0.2, 0.25) is 0 Å². The van der Waals surface area contributed by atoms with Gasteiger partial charge >= 0.3 is 0 Å². The molecule has 1 nitrogen and oxygen atoms in total. The minimum atomic E-state index is -0.697. The van der Waals surface area contributed by atoms with E-state index in [0.29, 0.717) is 0 Å². The third kappa shape index (κ3) is 24.1. The Labute approximate surface area is 219 Å². The van der Waals surface area contributed by atoms with Gasteiger partial charge in [0.05, 0.1) is 24.6 Å². The van der Waals surface area contributed by atoms with Crippen LogP contribution in [0.2, 0.25) is 0 Å². The lowest BCUT2D eigenvalue weighted by Crippen LogP contribution is -2.13. The van der Waals surface area contributed by atoms with E-state index in [2.05, 4.69) is 27.7 Å². The van der Waals surface area contributed by atoms with Gasteiger partial charge in [-0.2, -0.15) is 0 Å². The van der Waals surface area contributed by atoms with Crippen molar-refractivity contribution in [1.82, 2.24) is 0 Å². The molecule has 0 aliphatic heterocycles. The summed E-state index contributed by atoms with van der Waals surface area (Å²) in [6.07, 6.45) is 42.1. The van der Waals surface area contributed by atoms with Gasteiger partial charge in [0.1, 0.15) is 0 Å². The maximum atomic E-state index is 2.37. The zero-order valence-electron chi connectivity index (χ0n) is 24.7. The minimum absolute atomic E-state index is 0. The number of hydrogen-bond donors (Lipinski definition) is 0. The molecule has 0 spiro atoms. The summed E-state index contributed by atoms with van der Waals surface area (Å²) >= 11 is 0. The molecule has 0 amide bonds. The van der Waals surface area contributed by atoms with Crippen molar-refractivity contribution in [3.8, 4) is 0 Å². The summed E-state index contributed by atoms with van der Waals surface area (Å²) in [5.74, 6) is 0. The van der Waals surface area contributed by atoms with Crippen molar-refractivity contribution in [2.24, 2.45) is 0 Å². The Morgan fingerprint density at radius 3 is 0.676 bits per heavy atom. The normalized spacial score (nSPS) is 11.6. The van der Waals surface area contributed by atoms with Crippen LogP contribution in [0, 0.1) is 0 Å². The molecule has 0 saturated heterocycles. The molecule has 0 saturated carbocycles. The van der Waals surface area contributed by atoms with Crippen LogP contribution in [-0.2, 0) is 0 Å². The lowest BCUT2D eigenvalue weighted by Gasteiger charge is -2.28. The Morgan fingerprint density at radius 1 is 0.265 bits per heavy atom. The Bertz CT molecular complexity index is 326. The number of hydrogen-bond acceptors (Lipinski definition) is 1. The molecule has 0 unspecified atom stereocenters. The third-order valence-electron chi connectivity index (χ3n) is 7.94. The molecule has 0 aromatic heterocycles. The highest BCUT2D eigenvalue weighted by Crippen LogP contribution is 2.61. The van der Waals surface area contributed by atoms with E-state index in [-0.39, 0.29) is 5.48 Å². The van der Waals surface area contributed by atoms with Crippen LogP contribution >= 0.6 is 7.26 Å². The summed E-state index contributed by atoms with van der Waals surface area (Å²) in [6.45, 7) is 9.41. The molecule has 0 aromatic carbocycles. The van der Waals surface area contributed by atoms with E-state index in [1.807, 2.05) is 0 Å². The summed E-state index contributed by atoms with van der Waals surface area (Å²) < 4.78 is 0. The second-order valence-electron chi connectivity index (χ2n) is 11.3. The number of unbranched alkanes of at least 4 members (excludes halogenated alkanes) is 20. The predicted molar refractivity (Wildman–Crippen MR) is 162 cm³/mol. The van der Waals surface area contributed by atoms with Gasteiger partial charge in [-0.05, 0) is 51.4 Å². The molecule has 0 heterocycles. The molecular weight excluding hydrogens is 431 g/mol. The van der Waals surface area contributed by atoms with Crippen LogP contribution in [0.5, 0.6) is 0 Å². The molecule has 0 atom stereocenters. The Balaban J connectivity index is 0. The third-order valence-corrected chi connectivity index (χ3v) is 13.0. The molecule has 0 aliphatic rings. The van der Waals surface area contributed by atoms with Crippen LogP contribution in [0.3, 0.4) is 0 Å². The first-order chi connectivity index (χ1) is 16.2. The first-order valence-corrected chi connectivity index (χ1v) is 18.6. The lowest BCUT2D eigenvalue weighted by atomic mass is 10.1. The smallest absolute Gasteiger partial charge is 0.0594 e. The first kappa shape index (κ1) is 36.5. The molecule has 0 radical (unpaired) electrons. The topological polar surface area (TPSA) is 30.0 Å². The van der Waals surface area contributed by atoms with Gasteiger partial charge in [-0.1, -0.05) is 130 Å². The van der Waals surface area contributed by atoms with Gasteiger partial charge in [-0.25, -0.2) is 0 Å². The highest BCUT2D eigenvalue weighted by Gasteiger charge is 2.34. The van der Waals surface area contributed by atoms with Gasteiger partial charge in [-0.3, -0.25) is 0 Å². The standard InChI is InChI=1S/C32H68P.H2O/c1-5-9-13-17-18-19-20-21-22-23-24-28-32-33(29-25-14-10-6-2,30-26-15-11-7-3)31-27-16-12-8-4;/h5-32H2,1-4H3;1H2/q+1;/p-1. The lowest BCUT2D eigenvalue weighted by molar-refractivity contribution is 0.548. The van der Waals surface area contributed by atoms with Gasteiger partial charge in [0.15, 0.2) is 0 Å². The predicted octanol–water partition coefficient (Wildman–Crippen LogP) is 12.3. The summed E-state index contributed by atoms with van der Waals surface area (Å²) in [5, 5.41) is 0. The maximum Gasteiger partial charge on any atom is 0.0594 e. The van der Waals surface area contributed by atoms with E-state index in [1.54, 1.807) is 50.3 Å². The summed E-state index contributed by atoms with van der Waals surface area (Å²) in [7, 11) is -0.697. The second-order valence-corrected chi connectivity index (χ2v) is 15.8. The van der Waals surface area contributed by atoms with E-state index in [9.17, 15) is 0 Å². The van der Waals surface area contributed by atoms with Crippen LogP contribution in [0.25, 0.3) is 0 Å². The maximum absolute atomic E-state index is 2.37. The molecule has 0 aromatic rings. The quantitative estimate of drug-likeness (QED) is 0.0775. The van der Waals surface area contributed by atoms with Crippen molar-refractivity contribution in [3.63, 3.8) is 0 Å². The van der Waals surface area contributed by atoms with Crippen LogP contribution in [0.15, 0.2) is 0 Å². The molecule has 0 aliphatic carbocycles. The van der Waals surface area contributed by atoms with Crippen molar-refractivity contribution in [3.05, 3.63) is 0 Å². The van der Waals surface area contributed by atoms with Crippen LogP contribution in [0.4, 0.5) is 0 Å². The van der Waals surface area contributed by atoms with E-state index in [4.69, 9.17) is 0 Å². The molecule has 0 bridgehead atoms. The van der Waals surface area contributed by atoms with Gasteiger partial charge in [0.25, 0.3) is 0 Å². The average Bonchev–Trinajstić information content (AvgIpc) is 2.83. The highest BCUT2D eigenvalue weighted by atomic mass is 31.2. The van der Waals surface area contributed by atoms with Crippen LogP contribution in [-0.4, -0.2) is 30.1 Å². The zero-order chi connectivity index (χ0) is 24.3. The Kier molecular flexibility index (Phi) is 31.8. The zero-order valence-corrected chi connectivity index (χ0v) is 25.6. The monoisotopic (exact) mass is 501 g/mol. The van der Waals surface area contributed by atoms with Crippen molar-refractivity contribution < 1.29 is 5.48 Å². The molecule has 0 rings (SSSR count). The fourth-order valence-electron chi connectivity index (χ4n) is 5.58. The van der Waals surface area contributed by atoms with Crippen LogP contribution in [0.1, 0.15) is 182 Å². The Morgan fingerprint density at radius 2 is 0.441 bits per heavy atom. The first-order valence-electron chi connectivity index (χ1n) is 16.1. The van der Waals surface area contributed by atoms with Crippen molar-refractivity contribution in [2.75, 3.05) is 24.6 Å². The number of rotatable bonds is 28. The Hall–Kier alpha value is 0.390. The van der Waals surface area contributed by atoms with E-state index < -0.39 is 7.26 Å². The molecule has 1 N–H and O–H groups in total. The summed E-state index contributed by atoms with van der Waals surface area (Å²) in [5.41, 5.74) is 0. The largest absolute Gasteiger partial charge is 0.870 e.